The Balaban J connectivity index is 2.39. The van der Waals surface area contributed by atoms with Crippen LogP contribution in [0.1, 0.15) is 16.5 Å². The fraction of sp³-hybridized carbons (Fsp3) is 0.0909. The molecule has 2 aromatic rings. The number of nitrogens with two attached hydrogens (primary N) is 1. The van der Waals surface area contributed by atoms with Crippen LogP contribution in [0.15, 0.2) is 32.5 Å². The maximum absolute atomic E-state index is 13.3. The number of halogens is 4. The fourth-order valence-corrected chi connectivity index (χ4v) is 3.69. The zero-order chi connectivity index (χ0) is 12.6. The molecule has 1 heterocycles. The van der Waals surface area contributed by atoms with Crippen LogP contribution in [-0.4, -0.2) is 0 Å². The Morgan fingerprint density at radius 3 is 2.47 bits per heavy atom. The highest BCUT2D eigenvalue weighted by Gasteiger charge is 2.15. The van der Waals surface area contributed by atoms with E-state index in [4.69, 9.17) is 17.3 Å². The van der Waals surface area contributed by atoms with Crippen LogP contribution < -0.4 is 5.73 Å². The molecule has 1 nitrogen and oxygen atoms in total. The molecule has 0 aliphatic heterocycles. The van der Waals surface area contributed by atoms with E-state index >= 15 is 0 Å². The second-order valence-corrected chi connectivity index (χ2v) is 7.18. The number of hydrogen-bond acceptors (Lipinski definition) is 2. The Kier molecular flexibility index (Phi) is 4.26. The molecule has 0 fully saturated rings. The van der Waals surface area contributed by atoms with Crippen molar-refractivity contribution in [3.63, 3.8) is 0 Å². The van der Waals surface area contributed by atoms with Gasteiger partial charge in [0.2, 0.25) is 0 Å². The molecular weight excluding hydrogens is 392 g/mol. The van der Waals surface area contributed by atoms with E-state index in [-0.39, 0.29) is 11.9 Å². The molecule has 17 heavy (non-hydrogen) atoms. The van der Waals surface area contributed by atoms with Gasteiger partial charge in [0.15, 0.2) is 0 Å². The molecule has 0 bridgehead atoms. The lowest BCUT2D eigenvalue weighted by Gasteiger charge is -2.10. The quantitative estimate of drug-likeness (QED) is 0.746. The Bertz CT molecular complexity index is 519. The van der Waals surface area contributed by atoms with Gasteiger partial charge in [-0.15, -0.1) is 11.3 Å². The Hall–Kier alpha value is 0.0600. The Morgan fingerprint density at radius 1 is 1.24 bits per heavy atom. The van der Waals surface area contributed by atoms with Crippen LogP contribution in [0.5, 0.6) is 0 Å². The predicted molar refractivity (Wildman–Crippen MR) is 77.2 cm³/mol. The zero-order valence-electron chi connectivity index (χ0n) is 8.38. The fourth-order valence-electron chi connectivity index (χ4n) is 1.44. The van der Waals surface area contributed by atoms with Gasteiger partial charge in [0.25, 0.3) is 0 Å². The van der Waals surface area contributed by atoms with Crippen molar-refractivity contribution in [1.29, 1.82) is 0 Å². The second kappa shape index (κ2) is 5.36. The van der Waals surface area contributed by atoms with Gasteiger partial charge in [-0.3, -0.25) is 0 Å². The van der Waals surface area contributed by atoms with Crippen LogP contribution in [0.25, 0.3) is 0 Å². The standard InChI is InChI=1S/C11H7Br2ClFNS/c12-6-1-5(2-7(15)3-6)10(16)9-4-8(14)11(13)17-9/h1-4,10H,16H2. The first-order chi connectivity index (χ1) is 7.97. The number of hydrogen-bond donors (Lipinski definition) is 1. The van der Waals surface area contributed by atoms with E-state index in [0.717, 1.165) is 8.66 Å². The molecule has 1 aromatic carbocycles. The molecule has 0 saturated heterocycles. The number of rotatable bonds is 2. The largest absolute Gasteiger partial charge is 0.320 e. The van der Waals surface area contributed by atoms with E-state index < -0.39 is 0 Å². The Labute approximate surface area is 124 Å². The van der Waals surface area contributed by atoms with E-state index in [9.17, 15) is 4.39 Å². The minimum absolute atomic E-state index is 0.313. The third kappa shape index (κ3) is 3.09. The van der Waals surface area contributed by atoms with Crippen molar-refractivity contribution in [2.24, 2.45) is 5.73 Å². The molecule has 0 amide bonds. The summed E-state index contributed by atoms with van der Waals surface area (Å²) in [6.45, 7) is 0. The predicted octanol–water partition coefficient (Wildman–Crippen LogP) is 5.11. The molecule has 1 aromatic heterocycles. The van der Waals surface area contributed by atoms with Crippen molar-refractivity contribution in [2.45, 2.75) is 6.04 Å². The lowest BCUT2D eigenvalue weighted by atomic mass is 10.1. The summed E-state index contributed by atoms with van der Waals surface area (Å²) in [6, 6.07) is 6.04. The van der Waals surface area contributed by atoms with Gasteiger partial charge in [0.1, 0.15) is 5.82 Å². The third-order valence-electron chi connectivity index (χ3n) is 2.21. The molecule has 90 valence electrons. The van der Waals surface area contributed by atoms with Crippen molar-refractivity contribution in [2.75, 3.05) is 0 Å². The van der Waals surface area contributed by atoms with Gasteiger partial charge < -0.3 is 5.73 Å². The molecule has 2 N–H and O–H groups in total. The van der Waals surface area contributed by atoms with Gasteiger partial charge in [0, 0.05) is 9.35 Å². The summed E-state index contributed by atoms with van der Waals surface area (Å²) in [6.07, 6.45) is 0. The lowest BCUT2D eigenvalue weighted by Crippen LogP contribution is -2.10. The molecule has 0 saturated carbocycles. The van der Waals surface area contributed by atoms with Crippen LogP contribution >= 0.6 is 54.8 Å². The molecule has 1 unspecified atom stereocenters. The molecule has 2 rings (SSSR count). The molecule has 6 heteroatoms. The summed E-state index contributed by atoms with van der Waals surface area (Å²) in [5.74, 6) is -0.313. The van der Waals surface area contributed by atoms with Gasteiger partial charge in [0.05, 0.1) is 14.9 Å². The summed E-state index contributed by atoms with van der Waals surface area (Å²) in [4.78, 5) is 0.888. The third-order valence-corrected chi connectivity index (χ3v) is 5.23. The van der Waals surface area contributed by atoms with Crippen LogP contribution in [-0.2, 0) is 0 Å². The molecular formula is C11H7Br2ClFNS. The minimum atomic E-state index is -0.379. The summed E-state index contributed by atoms with van der Waals surface area (Å²) in [5, 5.41) is 0.621. The van der Waals surface area contributed by atoms with E-state index in [0.29, 0.717) is 15.1 Å². The topological polar surface area (TPSA) is 26.0 Å². The maximum atomic E-state index is 13.3. The summed E-state index contributed by atoms with van der Waals surface area (Å²) < 4.78 is 14.8. The summed E-state index contributed by atoms with van der Waals surface area (Å²) >= 11 is 14.0. The molecule has 0 aliphatic carbocycles. The SMILES string of the molecule is NC(c1cc(F)cc(Br)c1)c1cc(Cl)c(Br)s1. The van der Waals surface area contributed by atoms with Crippen molar-refractivity contribution in [3.8, 4) is 0 Å². The van der Waals surface area contributed by atoms with E-state index in [1.54, 1.807) is 12.1 Å². The average Bonchev–Trinajstić information content (AvgIpc) is 2.57. The minimum Gasteiger partial charge on any atom is -0.320 e. The highest BCUT2D eigenvalue weighted by Crippen LogP contribution is 2.36. The van der Waals surface area contributed by atoms with Crippen molar-refractivity contribution < 1.29 is 4.39 Å². The van der Waals surface area contributed by atoms with Crippen LogP contribution in [0.4, 0.5) is 4.39 Å². The van der Waals surface area contributed by atoms with Crippen LogP contribution in [0, 0.1) is 5.82 Å². The number of benzene rings is 1. The first-order valence-corrected chi connectivity index (χ1v) is 7.41. The van der Waals surface area contributed by atoms with Gasteiger partial charge in [-0.2, -0.15) is 0 Å². The monoisotopic (exact) mass is 397 g/mol. The summed E-state index contributed by atoms with van der Waals surface area (Å²) in [7, 11) is 0. The van der Waals surface area contributed by atoms with Crippen LogP contribution in [0.3, 0.4) is 0 Å². The molecule has 0 spiro atoms. The first-order valence-electron chi connectivity index (χ1n) is 4.63. The highest BCUT2D eigenvalue weighted by molar-refractivity contribution is 9.11. The van der Waals surface area contributed by atoms with Gasteiger partial charge in [-0.05, 0) is 45.8 Å². The average molecular weight is 400 g/mol. The maximum Gasteiger partial charge on any atom is 0.124 e. The van der Waals surface area contributed by atoms with E-state index in [1.165, 1.54) is 23.5 Å². The molecule has 0 aliphatic rings. The van der Waals surface area contributed by atoms with Gasteiger partial charge >= 0.3 is 0 Å². The van der Waals surface area contributed by atoms with E-state index in [1.807, 2.05) is 0 Å². The molecule has 0 radical (unpaired) electrons. The smallest absolute Gasteiger partial charge is 0.124 e. The zero-order valence-corrected chi connectivity index (χ0v) is 13.1. The van der Waals surface area contributed by atoms with Crippen molar-refractivity contribution in [1.82, 2.24) is 0 Å². The first kappa shape index (κ1) is 13.5. The second-order valence-electron chi connectivity index (χ2n) is 3.45. The van der Waals surface area contributed by atoms with Crippen molar-refractivity contribution >= 4 is 54.8 Å². The Morgan fingerprint density at radius 2 is 1.94 bits per heavy atom. The normalized spacial score (nSPS) is 12.8. The lowest BCUT2D eigenvalue weighted by molar-refractivity contribution is 0.623. The van der Waals surface area contributed by atoms with Gasteiger partial charge in [-0.25, -0.2) is 4.39 Å². The van der Waals surface area contributed by atoms with Crippen molar-refractivity contribution in [3.05, 3.63) is 53.8 Å². The summed E-state index contributed by atoms with van der Waals surface area (Å²) in [5.41, 5.74) is 6.79. The molecule has 1 atom stereocenters. The van der Waals surface area contributed by atoms with Gasteiger partial charge in [-0.1, -0.05) is 27.5 Å². The number of thiophene rings is 1. The highest BCUT2D eigenvalue weighted by atomic mass is 79.9. The van der Waals surface area contributed by atoms with E-state index in [2.05, 4.69) is 31.9 Å². The van der Waals surface area contributed by atoms with Crippen LogP contribution in [0.2, 0.25) is 5.02 Å².